The van der Waals surface area contributed by atoms with Crippen LogP contribution in [-0.4, -0.2) is 18.6 Å². The molecule has 2 heteroatoms. The van der Waals surface area contributed by atoms with E-state index in [1.807, 2.05) is 0 Å². The van der Waals surface area contributed by atoms with Crippen molar-refractivity contribution in [3.8, 4) is 0 Å². The van der Waals surface area contributed by atoms with Crippen LogP contribution in [0.15, 0.2) is 24.3 Å². The van der Waals surface area contributed by atoms with Gasteiger partial charge >= 0.3 is 0 Å². The van der Waals surface area contributed by atoms with E-state index < -0.39 is 0 Å². The van der Waals surface area contributed by atoms with E-state index in [9.17, 15) is 0 Å². The number of nitrogens with one attached hydrogen (secondary N) is 2. The van der Waals surface area contributed by atoms with Crippen LogP contribution in [-0.2, 0) is 0 Å². The summed E-state index contributed by atoms with van der Waals surface area (Å²) in [4.78, 5) is 0. The molecule has 2 N–H and O–H groups in total. The Morgan fingerprint density at radius 2 is 1.90 bits per heavy atom. The monoisotopic (exact) mass is 288 g/mol. The Labute approximate surface area is 130 Å². The number of anilines is 1. The first-order valence-corrected chi connectivity index (χ1v) is 8.79. The fourth-order valence-electron chi connectivity index (χ4n) is 3.22. The Hall–Kier alpha value is -1.02. The highest BCUT2D eigenvalue weighted by molar-refractivity contribution is 5.45. The van der Waals surface area contributed by atoms with Gasteiger partial charge < -0.3 is 10.6 Å². The minimum atomic E-state index is 0.523. The normalized spacial score (nSPS) is 22.3. The maximum Gasteiger partial charge on any atom is 0.0342 e. The first-order chi connectivity index (χ1) is 10.2. The summed E-state index contributed by atoms with van der Waals surface area (Å²) < 4.78 is 0. The molecule has 1 saturated heterocycles. The summed E-state index contributed by atoms with van der Waals surface area (Å²) in [5.74, 6) is 0.659. The van der Waals surface area contributed by atoms with Crippen molar-refractivity contribution in [2.75, 3.05) is 11.9 Å². The molecule has 0 amide bonds. The Kier molecular flexibility index (Phi) is 6.56. The van der Waals surface area contributed by atoms with Crippen molar-refractivity contribution in [1.82, 2.24) is 5.32 Å². The molecule has 1 aromatic carbocycles. The maximum atomic E-state index is 3.69. The SMILES string of the molecule is CCC(C)c1ccc(NC(C)CC2CCCCCN2)cc1. The van der Waals surface area contributed by atoms with Gasteiger partial charge in [0.2, 0.25) is 0 Å². The van der Waals surface area contributed by atoms with E-state index in [1.165, 1.54) is 56.3 Å². The van der Waals surface area contributed by atoms with Gasteiger partial charge in [-0.25, -0.2) is 0 Å². The Morgan fingerprint density at radius 1 is 1.14 bits per heavy atom. The average molecular weight is 288 g/mol. The predicted octanol–water partition coefficient (Wildman–Crippen LogP) is 4.92. The van der Waals surface area contributed by atoms with Crippen LogP contribution in [0.4, 0.5) is 5.69 Å². The lowest BCUT2D eigenvalue weighted by molar-refractivity contribution is 0.456. The second-order valence-electron chi connectivity index (χ2n) is 6.71. The van der Waals surface area contributed by atoms with E-state index >= 15 is 0 Å². The fraction of sp³-hybridized carbons (Fsp3) is 0.684. The third-order valence-electron chi connectivity index (χ3n) is 4.81. The third kappa shape index (κ3) is 5.35. The van der Waals surface area contributed by atoms with Crippen LogP contribution in [0.3, 0.4) is 0 Å². The van der Waals surface area contributed by atoms with Crippen molar-refractivity contribution >= 4 is 5.69 Å². The van der Waals surface area contributed by atoms with Crippen molar-refractivity contribution in [3.63, 3.8) is 0 Å². The standard InChI is InChI=1S/C19H32N2/c1-4-15(2)17-9-11-18(12-10-17)21-16(3)14-19-8-6-5-7-13-20-19/h9-12,15-16,19-21H,4-8,13-14H2,1-3H3. The van der Waals surface area contributed by atoms with Crippen molar-refractivity contribution in [2.45, 2.75) is 77.3 Å². The quantitative estimate of drug-likeness (QED) is 0.776. The lowest BCUT2D eigenvalue weighted by Crippen LogP contribution is -2.33. The summed E-state index contributed by atoms with van der Waals surface area (Å²) >= 11 is 0. The molecule has 0 aliphatic carbocycles. The number of benzene rings is 1. The van der Waals surface area contributed by atoms with Gasteiger partial charge in [-0.3, -0.25) is 0 Å². The van der Waals surface area contributed by atoms with Gasteiger partial charge in [0.25, 0.3) is 0 Å². The summed E-state index contributed by atoms with van der Waals surface area (Å²) in [5, 5.41) is 7.34. The second kappa shape index (κ2) is 8.43. The molecule has 3 unspecified atom stereocenters. The molecular formula is C19H32N2. The van der Waals surface area contributed by atoms with Crippen LogP contribution in [0.2, 0.25) is 0 Å². The van der Waals surface area contributed by atoms with Gasteiger partial charge in [0.1, 0.15) is 0 Å². The van der Waals surface area contributed by atoms with Gasteiger partial charge in [0.05, 0.1) is 0 Å². The summed E-state index contributed by atoms with van der Waals surface area (Å²) in [7, 11) is 0. The molecule has 0 spiro atoms. The van der Waals surface area contributed by atoms with E-state index in [-0.39, 0.29) is 0 Å². The average Bonchev–Trinajstić information content (AvgIpc) is 2.75. The smallest absolute Gasteiger partial charge is 0.0342 e. The lowest BCUT2D eigenvalue weighted by Gasteiger charge is -2.22. The van der Waals surface area contributed by atoms with Gasteiger partial charge in [-0.15, -0.1) is 0 Å². The van der Waals surface area contributed by atoms with Crippen LogP contribution < -0.4 is 10.6 Å². The Morgan fingerprint density at radius 3 is 2.62 bits per heavy atom. The van der Waals surface area contributed by atoms with Gasteiger partial charge in [-0.1, -0.05) is 38.8 Å². The predicted molar refractivity (Wildman–Crippen MR) is 93.1 cm³/mol. The summed E-state index contributed by atoms with van der Waals surface area (Å²) in [5.41, 5.74) is 2.70. The molecule has 0 bridgehead atoms. The number of rotatable bonds is 6. The number of hydrogen-bond donors (Lipinski definition) is 2. The molecule has 1 aliphatic heterocycles. The van der Waals surface area contributed by atoms with Gasteiger partial charge in [0.15, 0.2) is 0 Å². The topological polar surface area (TPSA) is 24.1 Å². The van der Waals surface area contributed by atoms with Crippen molar-refractivity contribution in [2.24, 2.45) is 0 Å². The fourth-order valence-corrected chi connectivity index (χ4v) is 3.22. The van der Waals surface area contributed by atoms with Gasteiger partial charge in [-0.2, -0.15) is 0 Å². The molecule has 2 nitrogen and oxygen atoms in total. The van der Waals surface area contributed by atoms with E-state index in [2.05, 4.69) is 55.7 Å². The van der Waals surface area contributed by atoms with Crippen LogP contribution in [0.25, 0.3) is 0 Å². The Bertz CT molecular complexity index is 391. The van der Waals surface area contributed by atoms with E-state index in [0.29, 0.717) is 18.0 Å². The molecule has 118 valence electrons. The molecule has 1 heterocycles. The highest BCUT2D eigenvalue weighted by Crippen LogP contribution is 2.21. The molecule has 1 fully saturated rings. The van der Waals surface area contributed by atoms with Crippen LogP contribution >= 0.6 is 0 Å². The lowest BCUT2D eigenvalue weighted by atomic mass is 9.98. The molecular weight excluding hydrogens is 256 g/mol. The minimum Gasteiger partial charge on any atom is -0.383 e. The van der Waals surface area contributed by atoms with E-state index in [0.717, 1.165) is 0 Å². The zero-order valence-electron chi connectivity index (χ0n) is 14.0. The van der Waals surface area contributed by atoms with Crippen molar-refractivity contribution < 1.29 is 0 Å². The Balaban J connectivity index is 1.82. The zero-order valence-corrected chi connectivity index (χ0v) is 14.0. The third-order valence-corrected chi connectivity index (χ3v) is 4.81. The number of hydrogen-bond acceptors (Lipinski definition) is 2. The molecule has 3 atom stereocenters. The second-order valence-corrected chi connectivity index (χ2v) is 6.71. The van der Waals surface area contributed by atoms with Crippen LogP contribution in [0.1, 0.15) is 70.8 Å². The van der Waals surface area contributed by atoms with Crippen LogP contribution in [0.5, 0.6) is 0 Å². The van der Waals surface area contributed by atoms with Crippen LogP contribution in [0, 0.1) is 0 Å². The summed E-state index contributed by atoms with van der Waals surface area (Å²) in [6.07, 6.45) is 7.87. The highest BCUT2D eigenvalue weighted by Gasteiger charge is 2.14. The highest BCUT2D eigenvalue weighted by atomic mass is 15.0. The first kappa shape index (κ1) is 16.4. The molecule has 21 heavy (non-hydrogen) atoms. The molecule has 0 saturated carbocycles. The first-order valence-electron chi connectivity index (χ1n) is 8.79. The molecule has 1 aromatic rings. The van der Waals surface area contributed by atoms with Crippen molar-refractivity contribution in [3.05, 3.63) is 29.8 Å². The van der Waals surface area contributed by atoms with Gasteiger partial charge in [-0.05, 0) is 62.8 Å². The van der Waals surface area contributed by atoms with Crippen molar-refractivity contribution in [1.29, 1.82) is 0 Å². The maximum absolute atomic E-state index is 3.69. The molecule has 1 aliphatic rings. The summed E-state index contributed by atoms with van der Waals surface area (Å²) in [6, 6.07) is 10.2. The largest absolute Gasteiger partial charge is 0.383 e. The molecule has 0 aromatic heterocycles. The van der Waals surface area contributed by atoms with Gasteiger partial charge in [0, 0.05) is 17.8 Å². The minimum absolute atomic E-state index is 0.523. The van der Waals surface area contributed by atoms with E-state index in [4.69, 9.17) is 0 Å². The zero-order chi connectivity index (χ0) is 15.1. The molecule has 0 radical (unpaired) electrons. The molecule has 2 rings (SSSR count). The summed E-state index contributed by atoms with van der Waals surface area (Å²) in [6.45, 7) is 8.04. The van der Waals surface area contributed by atoms with E-state index in [1.54, 1.807) is 0 Å².